The van der Waals surface area contributed by atoms with Gasteiger partial charge in [0.05, 0.1) is 12.4 Å². The molecule has 0 radical (unpaired) electrons. The van der Waals surface area contributed by atoms with Crippen LogP contribution in [0.3, 0.4) is 0 Å². The Labute approximate surface area is 124 Å². The minimum Gasteiger partial charge on any atom is -0.476 e. The van der Waals surface area contributed by atoms with Crippen molar-refractivity contribution < 1.29 is 14.7 Å². The van der Waals surface area contributed by atoms with Gasteiger partial charge in [-0.15, -0.1) is 0 Å². The fraction of sp³-hybridized carbons (Fsp3) is 0.600. The molecule has 114 valence electrons. The van der Waals surface area contributed by atoms with Crippen molar-refractivity contribution in [1.29, 1.82) is 0 Å². The Balaban J connectivity index is 2.05. The molecule has 1 aromatic heterocycles. The van der Waals surface area contributed by atoms with Crippen LogP contribution < -0.4 is 0 Å². The van der Waals surface area contributed by atoms with Crippen molar-refractivity contribution >= 4 is 11.9 Å². The maximum Gasteiger partial charge on any atom is 0.356 e. The molecule has 1 amide bonds. The van der Waals surface area contributed by atoms with Crippen LogP contribution in [-0.4, -0.2) is 44.4 Å². The minimum atomic E-state index is -1.14. The molecule has 0 aliphatic carbocycles. The standard InChI is InChI=1S/C15H21N3O3/c1-10(2)5-6-11-4-3-7-18(11)14(19)12-8-17-13(9-16-12)15(20)21/h8-11H,3-7H2,1-2H3,(H,20,21). The number of hydrogen-bond donors (Lipinski definition) is 1. The molecule has 2 rings (SSSR count). The first-order valence-corrected chi connectivity index (χ1v) is 7.35. The molecule has 0 saturated carbocycles. The van der Waals surface area contributed by atoms with Crippen LogP contribution in [0.5, 0.6) is 0 Å². The number of nitrogens with zero attached hydrogens (tertiary/aromatic N) is 3. The molecule has 1 atom stereocenters. The first-order valence-electron chi connectivity index (χ1n) is 7.35. The van der Waals surface area contributed by atoms with Crippen molar-refractivity contribution in [2.75, 3.05) is 6.54 Å². The van der Waals surface area contributed by atoms with Gasteiger partial charge in [-0.2, -0.15) is 0 Å². The van der Waals surface area contributed by atoms with E-state index in [1.54, 1.807) is 0 Å². The molecule has 6 nitrogen and oxygen atoms in total. The summed E-state index contributed by atoms with van der Waals surface area (Å²) in [5.74, 6) is -0.666. The summed E-state index contributed by atoms with van der Waals surface area (Å²) in [5, 5.41) is 8.79. The van der Waals surface area contributed by atoms with Gasteiger partial charge in [-0.25, -0.2) is 14.8 Å². The molecule has 0 bridgehead atoms. The summed E-state index contributed by atoms with van der Waals surface area (Å²) in [6.45, 7) is 5.10. The zero-order valence-electron chi connectivity index (χ0n) is 12.5. The zero-order chi connectivity index (χ0) is 15.4. The third-order valence-electron chi connectivity index (χ3n) is 3.81. The molecule has 1 aliphatic rings. The number of hydrogen-bond acceptors (Lipinski definition) is 4. The van der Waals surface area contributed by atoms with Crippen LogP contribution in [0.15, 0.2) is 12.4 Å². The van der Waals surface area contributed by atoms with Crippen LogP contribution >= 0.6 is 0 Å². The van der Waals surface area contributed by atoms with Crippen molar-refractivity contribution in [1.82, 2.24) is 14.9 Å². The van der Waals surface area contributed by atoms with Gasteiger partial charge in [0, 0.05) is 12.6 Å². The Hall–Kier alpha value is -1.98. The summed E-state index contributed by atoms with van der Waals surface area (Å²) >= 11 is 0. The number of aromatic carboxylic acids is 1. The highest BCUT2D eigenvalue weighted by Gasteiger charge is 2.30. The molecule has 1 aliphatic heterocycles. The molecule has 1 fully saturated rings. The summed E-state index contributed by atoms with van der Waals surface area (Å²) in [4.78, 5) is 32.8. The molecular weight excluding hydrogens is 270 g/mol. The molecule has 6 heteroatoms. The Morgan fingerprint density at radius 3 is 2.57 bits per heavy atom. The first kappa shape index (κ1) is 15.4. The molecule has 1 N–H and O–H groups in total. The minimum absolute atomic E-state index is 0.148. The average molecular weight is 291 g/mol. The highest BCUT2D eigenvalue weighted by Crippen LogP contribution is 2.24. The SMILES string of the molecule is CC(C)CCC1CCCN1C(=O)c1cnc(C(=O)O)cn1. The maximum absolute atomic E-state index is 12.5. The van der Waals surface area contributed by atoms with E-state index in [-0.39, 0.29) is 23.3 Å². The van der Waals surface area contributed by atoms with E-state index in [4.69, 9.17) is 5.11 Å². The number of rotatable bonds is 5. The monoisotopic (exact) mass is 291 g/mol. The number of carboxylic acid groups (broad SMARTS) is 1. The molecule has 1 unspecified atom stereocenters. The number of carbonyl (C=O) groups excluding carboxylic acids is 1. The molecular formula is C15H21N3O3. The van der Waals surface area contributed by atoms with E-state index in [0.29, 0.717) is 5.92 Å². The molecule has 21 heavy (non-hydrogen) atoms. The van der Waals surface area contributed by atoms with E-state index in [9.17, 15) is 9.59 Å². The van der Waals surface area contributed by atoms with Gasteiger partial charge in [0.2, 0.25) is 0 Å². The van der Waals surface area contributed by atoms with E-state index in [2.05, 4.69) is 23.8 Å². The van der Waals surface area contributed by atoms with E-state index in [1.807, 2.05) is 4.90 Å². The lowest BCUT2D eigenvalue weighted by Gasteiger charge is -2.24. The van der Waals surface area contributed by atoms with E-state index >= 15 is 0 Å². The third kappa shape index (κ3) is 3.77. The number of aromatic nitrogens is 2. The topological polar surface area (TPSA) is 83.4 Å². The normalized spacial score (nSPS) is 18.2. The molecule has 2 heterocycles. The average Bonchev–Trinajstić information content (AvgIpc) is 2.92. The fourth-order valence-electron chi connectivity index (χ4n) is 2.62. The van der Waals surface area contributed by atoms with Gasteiger partial charge in [0.15, 0.2) is 5.69 Å². The van der Waals surface area contributed by atoms with Crippen LogP contribution in [0.2, 0.25) is 0 Å². The molecule has 0 spiro atoms. The van der Waals surface area contributed by atoms with Crippen LogP contribution in [0.25, 0.3) is 0 Å². The smallest absolute Gasteiger partial charge is 0.356 e. The third-order valence-corrected chi connectivity index (χ3v) is 3.81. The van der Waals surface area contributed by atoms with Gasteiger partial charge in [0.1, 0.15) is 5.69 Å². The van der Waals surface area contributed by atoms with E-state index in [1.165, 1.54) is 6.20 Å². The van der Waals surface area contributed by atoms with Crippen LogP contribution in [0.1, 0.15) is 60.5 Å². The summed E-state index contributed by atoms with van der Waals surface area (Å²) in [5.41, 5.74) is 0.0702. The van der Waals surface area contributed by atoms with Crippen molar-refractivity contribution in [3.63, 3.8) is 0 Å². The number of carboxylic acids is 1. The van der Waals surface area contributed by atoms with Crippen molar-refractivity contribution in [2.45, 2.75) is 45.6 Å². The number of carbonyl (C=O) groups is 2. The van der Waals surface area contributed by atoms with Crippen molar-refractivity contribution in [3.8, 4) is 0 Å². The van der Waals surface area contributed by atoms with Gasteiger partial charge < -0.3 is 10.0 Å². The lowest BCUT2D eigenvalue weighted by atomic mass is 10.0. The lowest BCUT2D eigenvalue weighted by molar-refractivity contribution is 0.0682. The quantitative estimate of drug-likeness (QED) is 0.899. The second-order valence-corrected chi connectivity index (χ2v) is 5.86. The Bertz CT molecular complexity index is 513. The number of amides is 1. The largest absolute Gasteiger partial charge is 0.476 e. The maximum atomic E-state index is 12.5. The van der Waals surface area contributed by atoms with Gasteiger partial charge in [-0.05, 0) is 31.6 Å². The van der Waals surface area contributed by atoms with Crippen LogP contribution in [0, 0.1) is 5.92 Å². The van der Waals surface area contributed by atoms with E-state index < -0.39 is 5.97 Å². The first-order chi connectivity index (χ1) is 9.99. The molecule has 0 aromatic carbocycles. The Morgan fingerprint density at radius 2 is 2.00 bits per heavy atom. The zero-order valence-corrected chi connectivity index (χ0v) is 12.5. The van der Waals surface area contributed by atoms with Crippen LogP contribution in [-0.2, 0) is 0 Å². The molecule has 1 saturated heterocycles. The van der Waals surface area contributed by atoms with Crippen molar-refractivity contribution in [3.05, 3.63) is 23.8 Å². The Morgan fingerprint density at radius 1 is 1.33 bits per heavy atom. The summed E-state index contributed by atoms with van der Waals surface area (Å²) in [7, 11) is 0. The lowest BCUT2D eigenvalue weighted by Crippen LogP contribution is -2.36. The second-order valence-electron chi connectivity index (χ2n) is 5.86. The summed E-state index contributed by atoms with van der Waals surface area (Å²) < 4.78 is 0. The highest BCUT2D eigenvalue weighted by atomic mass is 16.4. The Kier molecular flexibility index (Phi) is 4.88. The van der Waals surface area contributed by atoms with Gasteiger partial charge >= 0.3 is 5.97 Å². The predicted octanol–water partition coefficient (Wildman–Crippen LogP) is 2.22. The molecule has 1 aromatic rings. The number of likely N-dealkylation sites (tertiary alicyclic amines) is 1. The van der Waals surface area contributed by atoms with Crippen LogP contribution in [0.4, 0.5) is 0 Å². The second kappa shape index (κ2) is 6.65. The predicted molar refractivity (Wildman–Crippen MR) is 77.1 cm³/mol. The van der Waals surface area contributed by atoms with E-state index in [0.717, 1.165) is 38.4 Å². The summed E-state index contributed by atoms with van der Waals surface area (Å²) in [6.07, 6.45) is 6.52. The van der Waals surface area contributed by atoms with Gasteiger partial charge in [0.25, 0.3) is 5.91 Å². The van der Waals surface area contributed by atoms with Gasteiger partial charge in [-0.1, -0.05) is 13.8 Å². The highest BCUT2D eigenvalue weighted by molar-refractivity contribution is 5.93. The van der Waals surface area contributed by atoms with Crippen molar-refractivity contribution in [2.24, 2.45) is 5.92 Å². The fourth-order valence-corrected chi connectivity index (χ4v) is 2.62. The van der Waals surface area contributed by atoms with Gasteiger partial charge in [-0.3, -0.25) is 4.79 Å². The summed E-state index contributed by atoms with van der Waals surface area (Å²) in [6, 6.07) is 0.265.